The van der Waals surface area contributed by atoms with Gasteiger partial charge in [0.1, 0.15) is 4.75 Å². The first-order chi connectivity index (χ1) is 9.92. The van der Waals surface area contributed by atoms with Gasteiger partial charge in [-0.1, -0.05) is 19.3 Å². The van der Waals surface area contributed by atoms with Crippen LogP contribution in [0.25, 0.3) is 0 Å². The number of nitrogens with zero attached hydrogens (tertiary/aromatic N) is 1. The number of rotatable bonds is 3. The summed E-state index contributed by atoms with van der Waals surface area (Å²) in [6.07, 6.45) is 6.83. The largest absolute Gasteiger partial charge is 0.454 e. The van der Waals surface area contributed by atoms with Crippen LogP contribution in [0, 0.1) is 0 Å². The normalized spacial score (nSPS) is 34.1. The number of methoxy groups -OCH3 is 1. The molecule has 1 aliphatic heterocycles. The lowest BCUT2D eigenvalue weighted by Gasteiger charge is -2.40. The van der Waals surface area contributed by atoms with E-state index in [4.69, 9.17) is 9.47 Å². The van der Waals surface area contributed by atoms with Crippen LogP contribution in [-0.4, -0.2) is 44.5 Å². The number of hydrogen-bond donors (Lipinski definition) is 1. The maximum Gasteiger partial charge on any atom is 0.301 e. The number of nitrogens with one attached hydrogen (secondary N) is 1. The average molecular weight is 316 g/mol. The summed E-state index contributed by atoms with van der Waals surface area (Å²) in [5, 5.41) is 3.19. The summed E-state index contributed by atoms with van der Waals surface area (Å²) in [4.78, 5) is 0. The molecular weight excluding hydrogens is 292 g/mol. The third-order valence-electron chi connectivity index (χ3n) is 5.04. The Bertz CT molecular complexity index is 535. The Morgan fingerprint density at radius 1 is 1.33 bits per heavy atom. The van der Waals surface area contributed by atoms with E-state index in [-0.39, 0.29) is 18.7 Å². The van der Waals surface area contributed by atoms with Crippen LogP contribution in [0.4, 0.5) is 0 Å². The minimum atomic E-state index is -3.56. The fourth-order valence-corrected chi connectivity index (χ4v) is 5.36. The van der Waals surface area contributed by atoms with Gasteiger partial charge in [0.05, 0.1) is 6.61 Å². The quantitative estimate of drug-likeness (QED) is 0.855. The smallest absolute Gasteiger partial charge is 0.301 e. The second kappa shape index (κ2) is 5.12. The summed E-state index contributed by atoms with van der Waals surface area (Å²) in [6.45, 7) is 2.07. The first kappa shape index (κ1) is 15.1. The highest BCUT2D eigenvalue weighted by atomic mass is 32.2. The van der Waals surface area contributed by atoms with Gasteiger partial charge in [0.15, 0.2) is 5.60 Å². The first-order valence-corrected chi connectivity index (χ1v) is 9.15. The molecule has 2 fully saturated rings. The molecule has 1 heterocycles. The standard InChI is InChI=1S/C14H24N2O4S/c1-13(10-19-2)14(8-9-14)21(17,18)16-12(20-13)15-11-6-4-3-5-7-11/h11H,3-10H2,1-2H3,(H,15,16). The Kier molecular flexibility index (Phi) is 3.68. The summed E-state index contributed by atoms with van der Waals surface area (Å²) in [5.41, 5.74) is -0.862. The van der Waals surface area contributed by atoms with Crippen LogP contribution in [0.5, 0.6) is 0 Å². The minimum Gasteiger partial charge on any atom is -0.454 e. The second-order valence-electron chi connectivity index (χ2n) is 6.61. The molecule has 6 nitrogen and oxygen atoms in total. The Morgan fingerprint density at radius 2 is 2.00 bits per heavy atom. The predicted octanol–water partition coefficient (Wildman–Crippen LogP) is 1.56. The second-order valence-corrected chi connectivity index (χ2v) is 8.53. The molecule has 0 bridgehead atoms. The van der Waals surface area contributed by atoms with Gasteiger partial charge in [-0.15, -0.1) is 4.40 Å². The number of hydrogen-bond acceptors (Lipinski definition) is 5. The van der Waals surface area contributed by atoms with Crippen LogP contribution in [0.15, 0.2) is 4.40 Å². The van der Waals surface area contributed by atoms with Gasteiger partial charge < -0.3 is 14.8 Å². The van der Waals surface area contributed by atoms with E-state index in [1.54, 1.807) is 7.11 Å². The molecule has 7 heteroatoms. The fourth-order valence-electron chi connectivity index (χ4n) is 3.61. The maximum atomic E-state index is 12.5. The Morgan fingerprint density at radius 3 is 2.57 bits per heavy atom. The lowest BCUT2D eigenvalue weighted by Crippen LogP contribution is -2.58. The van der Waals surface area contributed by atoms with Crippen molar-refractivity contribution < 1.29 is 17.9 Å². The molecular formula is C14H24N2O4S. The van der Waals surface area contributed by atoms with Crippen molar-refractivity contribution in [3.63, 3.8) is 0 Å². The Hall–Kier alpha value is -0.820. The van der Waals surface area contributed by atoms with E-state index < -0.39 is 20.4 Å². The van der Waals surface area contributed by atoms with Gasteiger partial charge in [-0.2, -0.15) is 0 Å². The van der Waals surface area contributed by atoms with Crippen LogP contribution >= 0.6 is 0 Å². The lowest BCUT2D eigenvalue weighted by atomic mass is 9.96. The van der Waals surface area contributed by atoms with Crippen molar-refractivity contribution in [3.05, 3.63) is 0 Å². The highest BCUT2D eigenvalue weighted by Crippen LogP contribution is 2.55. The predicted molar refractivity (Wildman–Crippen MR) is 79.7 cm³/mol. The molecule has 2 aliphatic carbocycles. The van der Waals surface area contributed by atoms with E-state index in [2.05, 4.69) is 9.71 Å². The molecule has 0 aromatic rings. The molecule has 1 N–H and O–H groups in total. The van der Waals surface area contributed by atoms with Gasteiger partial charge in [0.2, 0.25) is 0 Å². The summed E-state index contributed by atoms with van der Waals surface area (Å²) >= 11 is 0. The van der Waals surface area contributed by atoms with Crippen LogP contribution in [-0.2, 0) is 19.5 Å². The van der Waals surface area contributed by atoms with E-state index in [1.165, 1.54) is 6.42 Å². The van der Waals surface area contributed by atoms with Gasteiger partial charge in [-0.3, -0.25) is 0 Å². The molecule has 1 unspecified atom stereocenters. The minimum absolute atomic E-state index is 0.152. The summed E-state index contributed by atoms with van der Waals surface area (Å²) < 4.78 is 39.3. The zero-order valence-corrected chi connectivity index (χ0v) is 13.5. The van der Waals surface area contributed by atoms with Crippen LogP contribution in [0.1, 0.15) is 51.9 Å². The molecule has 1 spiro atoms. The fraction of sp³-hybridized carbons (Fsp3) is 0.929. The number of amidine groups is 1. The summed E-state index contributed by atoms with van der Waals surface area (Å²) in [6, 6.07) is 0.409. The monoisotopic (exact) mass is 316 g/mol. The van der Waals surface area contributed by atoms with E-state index in [9.17, 15) is 8.42 Å². The molecule has 0 radical (unpaired) electrons. The molecule has 21 heavy (non-hydrogen) atoms. The van der Waals surface area contributed by atoms with Crippen molar-refractivity contribution in [2.24, 2.45) is 4.40 Å². The van der Waals surface area contributed by atoms with Gasteiger partial charge in [-0.25, -0.2) is 8.42 Å². The first-order valence-electron chi connectivity index (χ1n) is 7.71. The Labute approximate surface area is 126 Å². The van der Waals surface area contributed by atoms with Crippen LogP contribution in [0.3, 0.4) is 0 Å². The molecule has 3 aliphatic rings. The van der Waals surface area contributed by atoms with Crippen LogP contribution < -0.4 is 5.32 Å². The zero-order valence-electron chi connectivity index (χ0n) is 12.7. The zero-order chi connectivity index (χ0) is 15.1. The molecule has 0 aromatic heterocycles. The van der Waals surface area contributed by atoms with Crippen molar-refractivity contribution >= 4 is 16.0 Å². The van der Waals surface area contributed by atoms with Gasteiger partial charge >= 0.3 is 6.02 Å². The molecule has 3 rings (SSSR count). The summed E-state index contributed by atoms with van der Waals surface area (Å²) in [7, 11) is -1.99. The SMILES string of the molecule is COCC1(C)OC(NC2CCCCC2)=NS(=O)(=O)C12CC2. The number of sulfonamides is 1. The third-order valence-corrected chi connectivity index (χ3v) is 7.27. The lowest BCUT2D eigenvalue weighted by molar-refractivity contribution is -0.0214. The molecule has 120 valence electrons. The van der Waals surface area contributed by atoms with Crippen LogP contribution in [0.2, 0.25) is 0 Å². The number of ether oxygens (including phenoxy) is 2. The van der Waals surface area contributed by atoms with E-state index >= 15 is 0 Å². The van der Waals surface area contributed by atoms with Crippen molar-refractivity contribution in [1.82, 2.24) is 5.32 Å². The third kappa shape index (κ3) is 2.44. The van der Waals surface area contributed by atoms with E-state index in [1.807, 2.05) is 6.92 Å². The van der Waals surface area contributed by atoms with Gasteiger partial charge in [0, 0.05) is 13.2 Å². The van der Waals surface area contributed by atoms with E-state index in [0.717, 1.165) is 25.7 Å². The van der Waals surface area contributed by atoms with Gasteiger partial charge in [-0.05, 0) is 32.6 Å². The molecule has 0 aromatic carbocycles. The molecule has 1 atom stereocenters. The van der Waals surface area contributed by atoms with Gasteiger partial charge in [0.25, 0.3) is 10.0 Å². The average Bonchev–Trinajstić information content (AvgIpc) is 3.20. The molecule has 0 saturated heterocycles. The van der Waals surface area contributed by atoms with Crippen molar-refractivity contribution in [2.75, 3.05) is 13.7 Å². The highest BCUT2D eigenvalue weighted by molar-refractivity contribution is 7.92. The highest BCUT2D eigenvalue weighted by Gasteiger charge is 2.70. The maximum absolute atomic E-state index is 12.5. The Balaban J connectivity index is 1.83. The van der Waals surface area contributed by atoms with Crippen molar-refractivity contribution in [3.8, 4) is 0 Å². The van der Waals surface area contributed by atoms with Crippen molar-refractivity contribution in [2.45, 2.75) is 68.3 Å². The van der Waals surface area contributed by atoms with Crippen molar-refractivity contribution in [1.29, 1.82) is 0 Å². The molecule has 2 saturated carbocycles. The van der Waals surface area contributed by atoms with E-state index in [0.29, 0.717) is 12.8 Å². The summed E-state index contributed by atoms with van der Waals surface area (Å²) in [5.74, 6) is 0. The molecule has 0 amide bonds. The topological polar surface area (TPSA) is 77.0 Å².